The zero-order valence-corrected chi connectivity index (χ0v) is 13.0. The van der Waals surface area contributed by atoms with Crippen molar-refractivity contribution in [2.24, 2.45) is 7.05 Å². The van der Waals surface area contributed by atoms with Crippen molar-refractivity contribution in [3.8, 4) is 0 Å². The average Bonchev–Trinajstić information content (AvgIpc) is 3.07. The second kappa shape index (κ2) is 5.88. The topological polar surface area (TPSA) is 93.3 Å². The molecule has 1 saturated heterocycles. The molecule has 9 heteroatoms. The minimum absolute atomic E-state index is 0.137. The molecule has 1 N–H and O–H groups in total. The number of halogens is 1. The van der Waals surface area contributed by atoms with Gasteiger partial charge in [0, 0.05) is 30.9 Å². The zero-order chi connectivity index (χ0) is 16.6. The van der Waals surface area contributed by atoms with Crippen LogP contribution in [0.15, 0.2) is 30.6 Å². The van der Waals surface area contributed by atoms with Crippen LogP contribution in [-0.2, 0) is 11.8 Å². The maximum Gasteiger partial charge on any atom is 0.293 e. The number of carbonyl (C=O) groups is 1. The van der Waals surface area contributed by atoms with Gasteiger partial charge in [0.2, 0.25) is 5.91 Å². The van der Waals surface area contributed by atoms with Crippen LogP contribution in [0, 0.1) is 10.1 Å². The van der Waals surface area contributed by atoms with E-state index in [0.717, 1.165) is 0 Å². The monoisotopic (exact) mass is 335 g/mol. The Hall–Kier alpha value is -2.61. The van der Waals surface area contributed by atoms with E-state index < -0.39 is 11.0 Å². The van der Waals surface area contributed by atoms with Gasteiger partial charge < -0.3 is 10.2 Å². The summed E-state index contributed by atoms with van der Waals surface area (Å²) < 4.78 is 1.62. The molecule has 0 bridgehead atoms. The van der Waals surface area contributed by atoms with Crippen molar-refractivity contribution in [1.82, 2.24) is 9.78 Å². The summed E-state index contributed by atoms with van der Waals surface area (Å²) in [6.45, 7) is 0.531. The normalized spacial score (nSPS) is 17.6. The molecule has 0 saturated carbocycles. The molecule has 23 heavy (non-hydrogen) atoms. The Bertz CT molecular complexity index is 776. The highest BCUT2D eigenvalue weighted by Crippen LogP contribution is 2.30. The van der Waals surface area contributed by atoms with Crippen molar-refractivity contribution in [2.45, 2.75) is 12.5 Å². The first kappa shape index (κ1) is 15.3. The van der Waals surface area contributed by atoms with E-state index in [1.165, 1.54) is 12.1 Å². The Morgan fingerprint density at radius 3 is 2.91 bits per heavy atom. The SMILES string of the molecule is Cn1cc(N2CCC(Nc3ccc(Cl)cc3[N+](=O)[O-])C2=O)cn1. The smallest absolute Gasteiger partial charge is 0.293 e. The number of hydrogen-bond acceptors (Lipinski definition) is 5. The molecular weight excluding hydrogens is 322 g/mol. The summed E-state index contributed by atoms with van der Waals surface area (Å²) in [6, 6.07) is 3.81. The Labute approximate surface area is 136 Å². The molecule has 0 aliphatic carbocycles. The molecule has 1 fully saturated rings. The molecule has 1 unspecified atom stereocenters. The number of nitrogens with one attached hydrogen (secondary N) is 1. The molecule has 120 valence electrons. The van der Waals surface area contributed by atoms with Gasteiger partial charge in [0.15, 0.2) is 0 Å². The highest BCUT2D eigenvalue weighted by Gasteiger charge is 2.34. The van der Waals surface area contributed by atoms with Crippen molar-refractivity contribution < 1.29 is 9.72 Å². The maximum absolute atomic E-state index is 12.5. The van der Waals surface area contributed by atoms with Crippen LogP contribution in [0.25, 0.3) is 0 Å². The number of rotatable bonds is 4. The van der Waals surface area contributed by atoms with Gasteiger partial charge in [0.05, 0.1) is 16.8 Å². The van der Waals surface area contributed by atoms with Crippen molar-refractivity contribution in [1.29, 1.82) is 0 Å². The van der Waals surface area contributed by atoms with Crippen LogP contribution in [0.1, 0.15) is 6.42 Å². The summed E-state index contributed by atoms with van der Waals surface area (Å²) in [6.07, 6.45) is 3.92. The Balaban J connectivity index is 1.80. The fraction of sp³-hybridized carbons (Fsp3) is 0.286. The molecular formula is C14H14ClN5O3. The molecule has 1 aliphatic heterocycles. The molecule has 1 aliphatic rings. The minimum Gasteiger partial charge on any atom is -0.368 e. The summed E-state index contributed by atoms with van der Waals surface area (Å²) in [5.41, 5.74) is 0.850. The lowest BCUT2D eigenvalue weighted by Gasteiger charge is -2.16. The summed E-state index contributed by atoms with van der Waals surface area (Å²) in [5.74, 6) is -0.137. The third-order valence-electron chi connectivity index (χ3n) is 3.69. The Morgan fingerprint density at radius 2 is 2.26 bits per heavy atom. The molecule has 1 amide bonds. The summed E-state index contributed by atoms with van der Waals surface area (Å²) in [4.78, 5) is 24.7. The molecule has 1 aromatic heterocycles. The van der Waals surface area contributed by atoms with E-state index in [9.17, 15) is 14.9 Å². The fourth-order valence-electron chi connectivity index (χ4n) is 2.58. The van der Waals surface area contributed by atoms with Crippen LogP contribution in [0.2, 0.25) is 5.02 Å². The standard InChI is InChI=1S/C14H14ClN5O3/c1-18-8-10(7-16-18)19-5-4-12(14(19)21)17-11-3-2-9(15)6-13(11)20(22)23/h2-3,6-8,12,17H,4-5H2,1H3. The molecule has 3 rings (SSSR count). The second-order valence-corrected chi connectivity index (χ2v) is 5.70. The molecule has 0 spiro atoms. The minimum atomic E-state index is -0.521. The van der Waals surface area contributed by atoms with Crippen LogP contribution in [0.4, 0.5) is 17.1 Å². The summed E-state index contributed by atoms with van der Waals surface area (Å²) in [5, 5.41) is 18.4. The maximum atomic E-state index is 12.5. The highest BCUT2D eigenvalue weighted by atomic mass is 35.5. The van der Waals surface area contributed by atoms with Gasteiger partial charge in [0.1, 0.15) is 11.7 Å². The second-order valence-electron chi connectivity index (χ2n) is 5.27. The third kappa shape index (κ3) is 2.98. The van der Waals surface area contributed by atoms with Crippen molar-refractivity contribution in [2.75, 3.05) is 16.8 Å². The molecule has 1 atom stereocenters. The lowest BCUT2D eigenvalue weighted by Crippen LogP contribution is -2.33. The number of amides is 1. The molecule has 2 aromatic rings. The van der Waals surface area contributed by atoms with Gasteiger partial charge in [-0.05, 0) is 18.6 Å². The third-order valence-corrected chi connectivity index (χ3v) is 3.93. The number of nitro benzene ring substituents is 1. The predicted molar refractivity (Wildman–Crippen MR) is 85.7 cm³/mol. The first-order chi connectivity index (χ1) is 11.0. The van der Waals surface area contributed by atoms with E-state index in [2.05, 4.69) is 10.4 Å². The van der Waals surface area contributed by atoms with E-state index in [-0.39, 0.29) is 22.3 Å². The zero-order valence-electron chi connectivity index (χ0n) is 12.3. The number of nitrogens with zero attached hydrogens (tertiary/aromatic N) is 4. The van der Waals surface area contributed by atoms with Gasteiger partial charge in [-0.15, -0.1) is 0 Å². The fourth-order valence-corrected chi connectivity index (χ4v) is 2.75. The lowest BCUT2D eigenvalue weighted by atomic mass is 10.2. The number of hydrogen-bond donors (Lipinski definition) is 1. The summed E-state index contributed by atoms with van der Waals surface area (Å²) in [7, 11) is 1.77. The van der Waals surface area contributed by atoms with Crippen LogP contribution >= 0.6 is 11.6 Å². The molecule has 0 radical (unpaired) electrons. The van der Waals surface area contributed by atoms with E-state index in [1.807, 2.05) is 0 Å². The lowest BCUT2D eigenvalue weighted by molar-refractivity contribution is -0.384. The first-order valence-electron chi connectivity index (χ1n) is 6.96. The van der Waals surface area contributed by atoms with Gasteiger partial charge in [-0.25, -0.2) is 0 Å². The van der Waals surface area contributed by atoms with Gasteiger partial charge >= 0.3 is 0 Å². The number of nitro groups is 1. The predicted octanol–water partition coefficient (Wildman–Crippen LogP) is 2.20. The molecule has 8 nitrogen and oxygen atoms in total. The number of benzene rings is 1. The Morgan fingerprint density at radius 1 is 1.48 bits per heavy atom. The van der Waals surface area contributed by atoms with E-state index in [4.69, 9.17) is 11.6 Å². The van der Waals surface area contributed by atoms with Crippen LogP contribution in [0.3, 0.4) is 0 Å². The largest absolute Gasteiger partial charge is 0.368 e. The quantitative estimate of drug-likeness (QED) is 0.683. The van der Waals surface area contributed by atoms with E-state index in [1.54, 1.807) is 35.1 Å². The van der Waals surface area contributed by atoms with Gasteiger partial charge in [-0.2, -0.15) is 5.10 Å². The van der Waals surface area contributed by atoms with Crippen molar-refractivity contribution in [3.63, 3.8) is 0 Å². The van der Waals surface area contributed by atoms with Crippen LogP contribution < -0.4 is 10.2 Å². The number of aryl methyl sites for hydroxylation is 1. The van der Waals surface area contributed by atoms with Gasteiger partial charge in [-0.1, -0.05) is 11.6 Å². The number of aromatic nitrogens is 2. The molecule has 1 aromatic carbocycles. The Kier molecular flexibility index (Phi) is 3.91. The van der Waals surface area contributed by atoms with E-state index >= 15 is 0 Å². The highest BCUT2D eigenvalue weighted by molar-refractivity contribution is 6.30. The summed E-state index contributed by atoms with van der Waals surface area (Å²) >= 11 is 5.80. The van der Waals surface area contributed by atoms with Crippen LogP contribution in [0.5, 0.6) is 0 Å². The average molecular weight is 336 g/mol. The van der Waals surface area contributed by atoms with Gasteiger partial charge in [-0.3, -0.25) is 19.6 Å². The van der Waals surface area contributed by atoms with Crippen molar-refractivity contribution in [3.05, 3.63) is 45.7 Å². The van der Waals surface area contributed by atoms with Crippen LogP contribution in [-0.4, -0.2) is 33.2 Å². The number of anilines is 2. The van der Waals surface area contributed by atoms with Gasteiger partial charge in [0.25, 0.3) is 5.69 Å². The van der Waals surface area contributed by atoms with Crippen molar-refractivity contribution >= 4 is 34.6 Å². The number of carbonyl (C=O) groups excluding carboxylic acids is 1. The molecule has 2 heterocycles. The first-order valence-corrected chi connectivity index (χ1v) is 7.34. The van der Waals surface area contributed by atoms with E-state index in [0.29, 0.717) is 18.7 Å².